The van der Waals surface area contributed by atoms with E-state index in [9.17, 15) is 0 Å². The van der Waals surface area contributed by atoms with Crippen LogP contribution < -0.4 is 4.74 Å². The van der Waals surface area contributed by atoms with Crippen molar-refractivity contribution < 1.29 is 9.84 Å². The molecule has 0 amide bonds. The zero-order valence-corrected chi connectivity index (χ0v) is 10.3. The number of hydrogen-bond donors (Lipinski definition) is 1. The molecular weight excluding hydrogens is 200 g/mol. The highest BCUT2D eigenvalue weighted by atomic mass is 16.5. The van der Waals surface area contributed by atoms with Crippen molar-refractivity contribution in [3.63, 3.8) is 0 Å². The van der Waals surface area contributed by atoms with Crippen LogP contribution in [0.3, 0.4) is 0 Å². The number of unbranched alkanes of at least 4 members (excludes halogenated alkanes) is 3. The molecule has 0 saturated heterocycles. The highest BCUT2D eigenvalue weighted by Crippen LogP contribution is 2.21. The topological polar surface area (TPSA) is 29.5 Å². The van der Waals surface area contributed by atoms with E-state index in [1.807, 2.05) is 6.07 Å². The van der Waals surface area contributed by atoms with Gasteiger partial charge in [0.25, 0.3) is 0 Å². The molecule has 2 heteroatoms. The maximum atomic E-state index is 8.68. The Labute approximate surface area is 98.3 Å². The van der Waals surface area contributed by atoms with E-state index in [1.165, 1.54) is 24.0 Å². The van der Waals surface area contributed by atoms with Gasteiger partial charge in [-0.2, -0.15) is 0 Å². The maximum Gasteiger partial charge on any atom is 0.122 e. The Hall–Kier alpha value is -1.02. The molecule has 1 aromatic carbocycles. The predicted octanol–water partition coefficient (Wildman–Crippen LogP) is 3.10. The lowest BCUT2D eigenvalue weighted by molar-refractivity contribution is 0.282. The highest BCUT2D eigenvalue weighted by molar-refractivity contribution is 5.36. The van der Waals surface area contributed by atoms with Crippen LogP contribution in [0.1, 0.15) is 36.8 Å². The molecule has 0 atom stereocenters. The number of ether oxygens (including phenoxy) is 1. The molecule has 0 bridgehead atoms. The van der Waals surface area contributed by atoms with E-state index in [1.54, 1.807) is 7.11 Å². The number of rotatable bonds is 7. The number of aliphatic hydroxyl groups is 1. The molecular formula is C14H22O2. The second kappa shape index (κ2) is 7.29. The minimum Gasteiger partial charge on any atom is -0.496 e. The smallest absolute Gasteiger partial charge is 0.122 e. The molecule has 1 aromatic rings. The van der Waals surface area contributed by atoms with Gasteiger partial charge >= 0.3 is 0 Å². The molecule has 0 spiro atoms. The van der Waals surface area contributed by atoms with Gasteiger partial charge in [-0.25, -0.2) is 0 Å². The van der Waals surface area contributed by atoms with E-state index in [2.05, 4.69) is 19.1 Å². The Morgan fingerprint density at radius 1 is 1.12 bits per heavy atom. The normalized spacial score (nSPS) is 10.4. The molecule has 1 rings (SSSR count). The van der Waals surface area contributed by atoms with Crippen LogP contribution in [0, 0.1) is 6.92 Å². The molecule has 0 saturated carbocycles. The van der Waals surface area contributed by atoms with Crippen molar-refractivity contribution in [2.24, 2.45) is 0 Å². The van der Waals surface area contributed by atoms with Crippen LogP contribution in [0.25, 0.3) is 0 Å². The fraction of sp³-hybridized carbons (Fsp3) is 0.571. The third-order valence-electron chi connectivity index (χ3n) is 2.79. The number of methoxy groups -OCH3 is 1. The summed E-state index contributed by atoms with van der Waals surface area (Å²) in [4.78, 5) is 0. The van der Waals surface area contributed by atoms with Crippen LogP contribution in [-0.2, 0) is 6.42 Å². The molecule has 2 nitrogen and oxygen atoms in total. The average molecular weight is 222 g/mol. The predicted molar refractivity (Wildman–Crippen MR) is 67.0 cm³/mol. The van der Waals surface area contributed by atoms with Crippen LogP contribution in [0.2, 0.25) is 0 Å². The Morgan fingerprint density at radius 3 is 2.56 bits per heavy atom. The van der Waals surface area contributed by atoms with Crippen molar-refractivity contribution in [3.05, 3.63) is 29.3 Å². The molecule has 0 fully saturated rings. The zero-order valence-electron chi connectivity index (χ0n) is 10.3. The molecule has 0 aliphatic heterocycles. The van der Waals surface area contributed by atoms with E-state index in [0.717, 1.165) is 25.0 Å². The highest BCUT2D eigenvalue weighted by Gasteiger charge is 2.02. The maximum absolute atomic E-state index is 8.68. The summed E-state index contributed by atoms with van der Waals surface area (Å²) < 4.78 is 5.34. The van der Waals surface area contributed by atoms with Gasteiger partial charge in [-0.05, 0) is 37.8 Å². The Balaban J connectivity index is 2.42. The Morgan fingerprint density at radius 2 is 1.88 bits per heavy atom. The fourth-order valence-corrected chi connectivity index (χ4v) is 1.88. The monoisotopic (exact) mass is 222 g/mol. The summed E-state index contributed by atoms with van der Waals surface area (Å²) in [6, 6.07) is 6.32. The second-order valence-electron chi connectivity index (χ2n) is 4.20. The lowest BCUT2D eigenvalue weighted by atomic mass is 10.0. The third kappa shape index (κ3) is 4.23. The van der Waals surface area contributed by atoms with Gasteiger partial charge in [-0.3, -0.25) is 0 Å². The van der Waals surface area contributed by atoms with Gasteiger partial charge in [-0.15, -0.1) is 0 Å². The first-order valence-corrected chi connectivity index (χ1v) is 6.02. The first-order chi connectivity index (χ1) is 7.77. The van der Waals surface area contributed by atoms with E-state index < -0.39 is 0 Å². The van der Waals surface area contributed by atoms with E-state index in [0.29, 0.717) is 6.61 Å². The standard InChI is InChI=1S/C14H22O2/c1-12-8-9-14(16-2)13(11-12)7-5-3-4-6-10-15/h8-9,11,15H,3-7,10H2,1-2H3. The van der Waals surface area contributed by atoms with E-state index in [4.69, 9.17) is 9.84 Å². The van der Waals surface area contributed by atoms with Gasteiger partial charge in [0.1, 0.15) is 5.75 Å². The Bertz CT molecular complexity index is 308. The lowest BCUT2D eigenvalue weighted by Crippen LogP contribution is -1.94. The minimum absolute atomic E-state index is 0.313. The van der Waals surface area contributed by atoms with Gasteiger partial charge < -0.3 is 9.84 Å². The van der Waals surface area contributed by atoms with Crippen molar-refractivity contribution in [2.75, 3.05) is 13.7 Å². The first-order valence-electron chi connectivity index (χ1n) is 6.02. The molecule has 0 aliphatic rings. The summed E-state index contributed by atoms with van der Waals surface area (Å²) in [6.45, 7) is 2.42. The summed E-state index contributed by atoms with van der Waals surface area (Å²) in [5.41, 5.74) is 2.58. The number of aryl methyl sites for hydroxylation is 2. The molecule has 1 N–H and O–H groups in total. The second-order valence-corrected chi connectivity index (χ2v) is 4.20. The fourth-order valence-electron chi connectivity index (χ4n) is 1.88. The van der Waals surface area contributed by atoms with Gasteiger partial charge in [-0.1, -0.05) is 30.5 Å². The molecule has 16 heavy (non-hydrogen) atoms. The molecule has 0 aromatic heterocycles. The van der Waals surface area contributed by atoms with Crippen LogP contribution in [-0.4, -0.2) is 18.8 Å². The average Bonchev–Trinajstić information content (AvgIpc) is 2.29. The summed E-state index contributed by atoms with van der Waals surface area (Å²) in [5, 5.41) is 8.68. The van der Waals surface area contributed by atoms with Crippen molar-refractivity contribution in [2.45, 2.75) is 39.0 Å². The molecule has 0 unspecified atom stereocenters. The van der Waals surface area contributed by atoms with Gasteiger partial charge in [0.05, 0.1) is 7.11 Å². The first kappa shape index (κ1) is 13.0. The summed E-state index contributed by atoms with van der Waals surface area (Å²) in [6.07, 6.45) is 5.45. The molecule has 90 valence electrons. The van der Waals surface area contributed by atoms with Crippen LogP contribution >= 0.6 is 0 Å². The number of aliphatic hydroxyl groups excluding tert-OH is 1. The van der Waals surface area contributed by atoms with Crippen molar-refractivity contribution in [1.29, 1.82) is 0 Å². The van der Waals surface area contributed by atoms with Crippen LogP contribution in [0.4, 0.5) is 0 Å². The van der Waals surface area contributed by atoms with Gasteiger partial charge in [0.15, 0.2) is 0 Å². The lowest BCUT2D eigenvalue weighted by Gasteiger charge is -2.09. The van der Waals surface area contributed by atoms with Gasteiger partial charge in [0, 0.05) is 6.61 Å². The minimum atomic E-state index is 0.313. The molecule has 0 heterocycles. The van der Waals surface area contributed by atoms with Crippen molar-refractivity contribution in [1.82, 2.24) is 0 Å². The largest absolute Gasteiger partial charge is 0.496 e. The van der Waals surface area contributed by atoms with Crippen molar-refractivity contribution in [3.8, 4) is 5.75 Å². The van der Waals surface area contributed by atoms with E-state index >= 15 is 0 Å². The molecule has 0 radical (unpaired) electrons. The summed E-state index contributed by atoms with van der Waals surface area (Å²) in [7, 11) is 1.72. The Kier molecular flexibility index (Phi) is 5.94. The summed E-state index contributed by atoms with van der Waals surface area (Å²) >= 11 is 0. The van der Waals surface area contributed by atoms with Crippen molar-refractivity contribution >= 4 is 0 Å². The van der Waals surface area contributed by atoms with Crippen LogP contribution in [0.5, 0.6) is 5.75 Å². The zero-order chi connectivity index (χ0) is 11.8. The number of benzene rings is 1. The van der Waals surface area contributed by atoms with Gasteiger partial charge in [0.2, 0.25) is 0 Å². The third-order valence-corrected chi connectivity index (χ3v) is 2.79. The number of hydrogen-bond acceptors (Lipinski definition) is 2. The van der Waals surface area contributed by atoms with E-state index in [-0.39, 0.29) is 0 Å². The quantitative estimate of drug-likeness (QED) is 0.718. The summed E-state index contributed by atoms with van der Waals surface area (Å²) in [5.74, 6) is 0.993. The van der Waals surface area contributed by atoms with Crippen LogP contribution in [0.15, 0.2) is 18.2 Å². The SMILES string of the molecule is COc1ccc(C)cc1CCCCCCO. The molecule has 0 aliphatic carbocycles.